The van der Waals surface area contributed by atoms with Gasteiger partial charge in [-0.1, -0.05) is 59.6 Å². The Hall–Kier alpha value is -1.73. The summed E-state index contributed by atoms with van der Waals surface area (Å²) < 4.78 is 5.72. The second-order valence-corrected chi connectivity index (χ2v) is 3.97. The molecule has 0 fully saturated rings. The van der Waals surface area contributed by atoms with E-state index >= 15 is 0 Å². The predicted octanol–water partition coefficient (Wildman–Crippen LogP) is 4.61. The molecule has 0 aliphatic heterocycles. The van der Waals surface area contributed by atoms with Gasteiger partial charge in [0.1, 0.15) is 11.5 Å². The first kappa shape index (κ1) is 11.7. The molecule has 0 aromatic heterocycles. The van der Waals surface area contributed by atoms with E-state index in [-0.39, 0.29) is 0 Å². The Morgan fingerprint density at radius 3 is 2.24 bits per heavy atom. The fourth-order valence-corrected chi connectivity index (χ4v) is 1.65. The van der Waals surface area contributed by atoms with Crippen LogP contribution in [0.5, 0.6) is 5.75 Å². The molecule has 17 heavy (non-hydrogen) atoms. The van der Waals surface area contributed by atoms with Crippen LogP contribution in [0, 0.1) is 6.92 Å². The van der Waals surface area contributed by atoms with Crippen molar-refractivity contribution in [1.82, 2.24) is 0 Å². The molecule has 2 rings (SSSR count). The number of rotatable bonds is 3. The molecule has 2 aromatic carbocycles. The van der Waals surface area contributed by atoms with Gasteiger partial charge in [-0.15, -0.1) is 0 Å². The first-order valence-corrected chi connectivity index (χ1v) is 5.83. The molecule has 2 heteroatoms. The Morgan fingerprint density at radius 2 is 1.65 bits per heavy atom. The molecule has 0 amide bonds. The molecule has 0 radical (unpaired) electrons. The van der Waals surface area contributed by atoms with Crippen LogP contribution in [0.4, 0.5) is 0 Å². The third kappa shape index (κ3) is 3.11. The third-order valence-electron chi connectivity index (χ3n) is 2.41. The SMILES string of the molecule is Cc1ccc(/C(=C/Cl)Oc2ccccc2)cc1. The van der Waals surface area contributed by atoms with Crippen molar-refractivity contribution in [3.8, 4) is 5.75 Å². The molecule has 0 aliphatic rings. The molecule has 0 saturated heterocycles. The van der Waals surface area contributed by atoms with Crippen LogP contribution in [0.15, 0.2) is 60.1 Å². The minimum atomic E-state index is 0.651. The highest BCUT2D eigenvalue weighted by Gasteiger charge is 2.03. The average molecular weight is 245 g/mol. The summed E-state index contributed by atoms with van der Waals surface area (Å²) in [7, 11) is 0. The molecule has 0 atom stereocenters. The van der Waals surface area contributed by atoms with E-state index in [1.54, 1.807) is 0 Å². The molecule has 0 spiro atoms. The van der Waals surface area contributed by atoms with E-state index in [1.165, 1.54) is 11.1 Å². The van der Waals surface area contributed by atoms with Gasteiger partial charge < -0.3 is 4.74 Å². The average Bonchev–Trinajstić information content (AvgIpc) is 2.38. The maximum Gasteiger partial charge on any atom is 0.145 e. The van der Waals surface area contributed by atoms with Crippen molar-refractivity contribution >= 4 is 17.4 Å². The number of para-hydroxylation sites is 1. The van der Waals surface area contributed by atoms with Gasteiger partial charge in [-0.25, -0.2) is 0 Å². The van der Waals surface area contributed by atoms with Crippen LogP contribution in [0.1, 0.15) is 11.1 Å². The van der Waals surface area contributed by atoms with E-state index in [4.69, 9.17) is 16.3 Å². The van der Waals surface area contributed by atoms with Crippen LogP contribution >= 0.6 is 11.6 Å². The van der Waals surface area contributed by atoms with Gasteiger partial charge >= 0.3 is 0 Å². The lowest BCUT2D eigenvalue weighted by atomic mass is 10.1. The lowest BCUT2D eigenvalue weighted by Crippen LogP contribution is -1.94. The van der Waals surface area contributed by atoms with E-state index in [1.807, 2.05) is 61.5 Å². The summed E-state index contributed by atoms with van der Waals surface area (Å²) in [5.74, 6) is 1.43. The van der Waals surface area contributed by atoms with Gasteiger partial charge in [-0.05, 0) is 19.1 Å². The normalized spacial score (nSPS) is 11.3. The molecule has 0 aliphatic carbocycles. The molecule has 0 N–H and O–H groups in total. The topological polar surface area (TPSA) is 9.23 Å². The lowest BCUT2D eigenvalue weighted by molar-refractivity contribution is 0.516. The summed E-state index contributed by atoms with van der Waals surface area (Å²) in [6, 6.07) is 17.6. The number of benzene rings is 2. The van der Waals surface area contributed by atoms with E-state index in [2.05, 4.69) is 0 Å². The second kappa shape index (κ2) is 5.55. The summed E-state index contributed by atoms with van der Waals surface area (Å²) in [4.78, 5) is 0. The third-order valence-corrected chi connectivity index (χ3v) is 2.60. The Bertz CT molecular complexity index is 500. The molecule has 0 heterocycles. The summed E-state index contributed by atoms with van der Waals surface area (Å²) in [5, 5.41) is 0. The lowest BCUT2D eigenvalue weighted by Gasteiger charge is -2.09. The van der Waals surface area contributed by atoms with E-state index in [0.717, 1.165) is 11.3 Å². The van der Waals surface area contributed by atoms with E-state index in [0.29, 0.717) is 5.76 Å². The summed E-state index contributed by atoms with van der Waals surface area (Å²) in [6.45, 7) is 2.05. The van der Waals surface area contributed by atoms with Crippen molar-refractivity contribution in [3.63, 3.8) is 0 Å². The molecule has 0 unspecified atom stereocenters. The molecule has 1 nitrogen and oxygen atoms in total. The zero-order valence-corrected chi connectivity index (χ0v) is 10.3. The van der Waals surface area contributed by atoms with E-state index < -0.39 is 0 Å². The maximum atomic E-state index is 5.80. The molecule has 86 valence electrons. The zero-order valence-electron chi connectivity index (χ0n) is 9.56. The van der Waals surface area contributed by atoms with Crippen molar-refractivity contribution in [2.24, 2.45) is 0 Å². The fourth-order valence-electron chi connectivity index (χ4n) is 1.48. The number of ether oxygens (including phenoxy) is 1. The Labute approximate surface area is 106 Å². The number of hydrogen-bond donors (Lipinski definition) is 0. The van der Waals surface area contributed by atoms with Crippen LogP contribution < -0.4 is 4.74 Å². The highest BCUT2D eigenvalue weighted by atomic mass is 35.5. The van der Waals surface area contributed by atoms with Crippen LogP contribution in [-0.4, -0.2) is 0 Å². The minimum absolute atomic E-state index is 0.651. The minimum Gasteiger partial charge on any atom is -0.456 e. The first-order chi connectivity index (χ1) is 8.29. The number of halogens is 1. The second-order valence-electron chi connectivity index (χ2n) is 3.75. The van der Waals surface area contributed by atoms with Gasteiger partial charge in [0.2, 0.25) is 0 Å². The van der Waals surface area contributed by atoms with Crippen LogP contribution in [0.3, 0.4) is 0 Å². The van der Waals surface area contributed by atoms with Gasteiger partial charge in [0, 0.05) is 11.1 Å². The monoisotopic (exact) mass is 244 g/mol. The van der Waals surface area contributed by atoms with Gasteiger partial charge in [-0.3, -0.25) is 0 Å². The Kier molecular flexibility index (Phi) is 3.84. The van der Waals surface area contributed by atoms with Gasteiger partial charge in [0.15, 0.2) is 0 Å². The molecule has 0 saturated carbocycles. The molecule has 0 bridgehead atoms. The van der Waals surface area contributed by atoms with E-state index in [9.17, 15) is 0 Å². The first-order valence-electron chi connectivity index (χ1n) is 5.40. The van der Waals surface area contributed by atoms with Crippen molar-refractivity contribution in [1.29, 1.82) is 0 Å². The fraction of sp³-hybridized carbons (Fsp3) is 0.0667. The largest absolute Gasteiger partial charge is 0.456 e. The molecular weight excluding hydrogens is 232 g/mol. The van der Waals surface area contributed by atoms with Gasteiger partial charge in [0.05, 0.1) is 0 Å². The van der Waals surface area contributed by atoms with Gasteiger partial charge in [0.25, 0.3) is 0 Å². The van der Waals surface area contributed by atoms with Crippen molar-refractivity contribution in [3.05, 3.63) is 71.3 Å². The number of aryl methyl sites for hydroxylation is 1. The number of hydrogen-bond acceptors (Lipinski definition) is 1. The smallest absolute Gasteiger partial charge is 0.145 e. The van der Waals surface area contributed by atoms with Crippen LogP contribution in [0.25, 0.3) is 5.76 Å². The van der Waals surface area contributed by atoms with Crippen molar-refractivity contribution in [2.45, 2.75) is 6.92 Å². The summed E-state index contributed by atoms with van der Waals surface area (Å²) in [6.07, 6.45) is 0. The Morgan fingerprint density at radius 1 is 1.00 bits per heavy atom. The highest BCUT2D eigenvalue weighted by molar-refractivity contribution is 6.27. The van der Waals surface area contributed by atoms with Gasteiger partial charge in [-0.2, -0.15) is 0 Å². The zero-order chi connectivity index (χ0) is 12.1. The summed E-state index contributed by atoms with van der Waals surface area (Å²) >= 11 is 5.80. The molecule has 2 aromatic rings. The van der Waals surface area contributed by atoms with Crippen LogP contribution in [-0.2, 0) is 0 Å². The standard InChI is InChI=1S/C15H13ClO/c1-12-7-9-13(10-8-12)15(11-16)17-14-5-3-2-4-6-14/h2-11H,1H3/b15-11-. The van der Waals surface area contributed by atoms with Crippen LogP contribution in [0.2, 0.25) is 0 Å². The molecular formula is C15H13ClO. The quantitative estimate of drug-likeness (QED) is 0.717. The highest BCUT2D eigenvalue weighted by Crippen LogP contribution is 2.21. The van der Waals surface area contributed by atoms with Crippen molar-refractivity contribution in [2.75, 3.05) is 0 Å². The maximum absolute atomic E-state index is 5.80. The summed E-state index contributed by atoms with van der Waals surface area (Å²) in [5.41, 5.74) is 3.63. The predicted molar refractivity (Wildman–Crippen MR) is 72.1 cm³/mol. The Balaban J connectivity index is 2.21. The van der Waals surface area contributed by atoms with Crippen molar-refractivity contribution < 1.29 is 4.74 Å².